The van der Waals surface area contributed by atoms with Gasteiger partial charge in [0.05, 0.1) is 11.7 Å². The molecule has 0 heterocycles. The van der Waals surface area contributed by atoms with Crippen LogP contribution in [0.5, 0.6) is 0 Å². The van der Waals surface area contributed by atoms with E-state index in [9.17, 15) is 10.2 Å². The maximum Gasteiger partial charge on any atom is 0.0998 e. The fourth-order valence-corrected chi connectivity index (χ4v) is 1.96. The molecule has 0 bridgehead atoms. The number of benzene rings is 1. The normalized spacial score (nSPS) is 13.5. The molecule has 1 atom stereocenters. The van der Waals surface area contributed by atoms with E-state index >= 15 is 0 Å². The molecule has 0 saturated carbocycles. The van der Waals surface area contributed by atoms with E-state index in [2.05, 4.69) is 21.2 Å². The van der Waals surface area contributed by atoms with Crippen molar-refractivity contribution in [2.24, 2.45) is 0 Å². The van der Waals surface area contributed by atoms with Crippen LogP contribution in [0.1, 0.15) is 26.7 Å². The Kier molecular flexibility index (Phi) is 5.43. The lowest BCUT2D eigenvalue weighted by Gasteiger charge is -2.31. The van der Waals surface area contributed by atoms with Gasteiger partial charge in [0.1, 0.15) is 0 Å². The van der Waals surface area contributed by atoms with Gasteiger partial charge in [-0.05, 0) is 37.1 Å². The van der Waals surface area contributed by atoms with Crippen molar-refractivity contribution in [1.82, 2.24) is 0 Å². The second kappa shape index (κ2) is 6.38. The van der Waals surface area contributed by atoms with Crippen LogP contribution in [-0.2, 0) is 0 Å². The molecule has 0 amide bonds. The Morgan fingerprint density at radius 3 is 2.24 bits per heavy atom. The Bertz CT molecular complexity index is 336. The maximum atomic E-state index is 10.1. The summed E-state index contributed by atoms with van der Waals surface area (Å²) in [6.07, 6.45) is 0.334. The van der Waals surface area contributed by atoms with Gasteiger partial charge in [-0.15, -0.1) is 0 Å². The minimum absolute atomic E-state index is 0.347. The van der Waals surface area contributed by atoms with Crippen molar-refractivity contribution in [3.63, 3.8) is 0 Å². The van der Waals surface area contributed by atoms with Crippen molar-refractivity contribution in [1.29, 1.82) is 0 Å². The van der Waals surface area contributed by atoms with Crippen molar-refractivity contribution in [2.45, 2.75) is 38.4 Å². The standard InChI is InChI=1S/C13H20BrNO2/c1-3-13(17,4-2)12(16)9-15-11-7-5-10(14)6-8-11/h5-8,12,15-17H,3-4,9H2,1-2H3. The molecule has 0 fully saturated rings. The first kappa shape index (κ1) is 14.5. The number of aliphatic hydroxyl groups excluding tert-OH is 1. The number of aliphatic hydroxyl groups is 2. The van der Waals surface area contributed by atoms with Crippen LogP contribution in [0.3, 0.4) is 0 Å². The zero-order chi connectivity index (χ0) is 12.9. The molecular formula is C13H20BrNO2. The highest BCUT2D eigenvalue weighted by molar-refractivity contribution is 9.10. The number of rotatable bonds is 6. The van der Waals surface area contributed by atoms with E-state index in [0.717, 1.165) is 10.2 Å². The van der Waals surface area contributed by atoms with Gasteiger partial charge in [-0.2, -0.15) is 0 Å². The molecule has 0 aliphatic rings. The van der Waals surface area contributed by atoms with Crippen LogP contribution in [0.25, 0.3) is 0 Å². The van der Waals surface area contributed by atoms with E-state index < -0.39 is 11.7 Å². The molecule has 1 unspecified atom stereocenters. The predicted molar refractivity (Wildman–Crippen MR) is 74.2 cm³/mol. The van der Waals surface area contributed by atoms with E-state index in [1.54, 1.807) is 0 Å². The van der Waals surface area contributed by atoms with Crippen molar-refractivity contribution in [3.8, 4) is 0 Å². The molecule has 96 valence electrons. The van der Waals surface area contributed by atoms with Crippen LogP contribution in [-0.4, -0.2) is 28.5 Å². The molecule has 3 N–H and O–H groups in total. The summed E-state index contributed by atoms with van der Waals surface area (Å²) in [6.45, 7) is 4.11. The highest BCUT2D eigenvalue weighted by Gasteiger charge is 2.31. The minimum Gasteiger partial charge on any atom is -0.388 e. The minimum atomic E-state index is -0.998. The lowest BCUT2D eigenvalue weighted by Crippen LogP contribution is -2.45. The van der Waals surface area contributed by atoms with Gasteiger partial charge in [0.2, 0.25) is 0 Å². The van der Waals surface area contributed by atoms with Crippen LogP contribution >= 0.6 is 15.9 Å². The molecule has 1 aromatic rings. The fourth-order valence-electron chi connectivity index (χ4n) is 1.69. The molecule has 0 aliphatic carbocycles. The maximum absolute atomic E-state index is 10.1. The molecular weight excluding hydrogens is 282 g/mol. The average molecular weight is 302 g/mol. The second-order valence-electron chi connectivity index (χ2n) is 4.21. The van der Waals surface area contributed by atoms with Gasteiger partial charge < -0.3 is 15.5 Å². The fraction of sp³-hybridized carbons (Fsp3) is 0.538. The Morgan fingerprint density at radius 1 is 1.24 bits per heavy atom. The summed E-state index contributed by atoms with van der Waals surface area (Å²) in [7, 11) is 0. The topological polar surface area (TPSA) is 52.5 Å². The highest BCUT2D eigenvalue weighted by atomic mass is 79.9. The Morgan fingerprint density at radius 2 is 1.76 bits per heavy atom. The lowest BCUT2D eigenvalue weighted by atomic mass is 9.90. The zero-order valence-electron chi connectivity index (χ0n) is 10.3. The van der Waals surface area contributed by atoms with E-state index in [-0.39, 0.29) is 0 Å². The summed E-state index contributed by atoms with van der Waals surface area (Å²) in [5.74, 6) is 0. The van der Waals surface area contributed by atoms with Gasteiger partial charge >= 0.3 is 0 Å². The molecule has 0 saturated heterocycles. The van der Waals surface area contributed by atoms with E-state index in [1.807, 2.05) is 38.1 Å². The molecule has 0 aromatic heterocycles. The Balaban J connectivity index is 2.53. The van der Waals surface area contributed by atoms with Crippen LogP contribution < -0.4 is 5.32 Å². The number of nitrogens with one attached hydrogen (secondary N) is 1. The first-order chi connectivity index (χ1) is 8.01. The molecule has 17 heavy (non-hydrogen) atoms. The largest absolute Gasteiger partial charge is 0.388 e. The Hall–Kier alpha value is -0.580. The summed E-state index contributed by atoms with van der Waals surface area (Å²) in [6, 6.07) is 7.71. The van der Waals surface area contributed by atoms with Crippen LogP contribution in [0.2, 0.25) is 0 Å². The van der Waals surface area contributed by atoms with E-state index in [1.165, 1.54) is 0 Å². The van der Waals surface area contributed by atoms with Crippen LogP contribution in [0.15, 0.2) is 28.7 Å². The monoisotopic (exact) mass is 301 g/mol. The van der Waals surface area contributed by atoms with Crippen LogP contribution in [0.4, 0.5) is 5.69 Å². The third-order valence-electron chi connectivity index (χ3n) is 3.19. The predicted octanol–water partition coefficient (Wildman–Crippen LogP) is 2.77. The molecule has 1 rings (SSSR count). The van der Waals surface area contributed by atoms with Crippen LogP contribution in [0, 0.1) is 0 Å². The quantitative estimate of drug-likeness (QED) is 0.757. The lowest BCUT2D eigenvalue weighted by molar-refractivity contribution is -0.0731. The molecule has 0 aliphatic heterocycles. The molecule has 4 heteroatoms. The summed E-state index contributed by atoms with van der Waals surface area (Å²) < 4.78 is 1.02. The average Bonchev–Trinajstić information content (AvgIpc) is 2.36. The van der Waals surface area contributed by atoms with E-state index in [4.69, 9.17) is 0 Å². The first-order valence-electron chi connectivity index (χ1n) is 5.91. The molecule has 3 nitrogen and oxygen atoms in total. The van der Waals surface area contributed by atoms with E-state index in [0.29, 0.717) is 19.4 Å². The number of halogens is 1. The van der Waals surface area contributed by atoms with Gasteiger partial charge in [0.15, 0.2) is 0 Å². The van der Waals surface area contributed by atoms with Crippen molar-refractivity contribution in [3.05, 3.63) is 28.7 Å². The Labute approximate surface area is 111 Å². The number of anilines is 1. The van der Waals surface area contributed by atoms with Gasteiger partial charge in [-0.25, -0.2) is 0 Å². The molecule has 0 spiro atoms. The van der Waals surface area contributed by atoms with Crippen molar-refractivity contribution in [2.75, 3.05) is 11.9 Å². The summed E-state index contributed by atoms with van der Waals surface area (Å²) >= 11 is 3.36. The second-order valence-corrected chi connectivity index (χ2v) is 5.13. The number of hydrogen-bond acceptors (Lipinski definition) is 3. The van der Waals surface area contributed by atoms with Crippen molar-refractivity contribution >= 4 is 21.6 Å². The SMILES string of the molecule is CCC(O)(CC)C(O)CNc1ccc(Br)cc1. The highest BCUT2D eigenvalue weighted by Crippen LogP contribution is 2.20. The van der Waals surface area contributed by atoms with Gasteiger partial charge in [0.25, 0.3) is 0 Å². The molecule has 1 aromatic carbocycles. The van der Waals surface area contributed by atoms with Gasteiger partial charge in [-0.3, -0.25) is 0 Å². The first-order valence-corrected chi connectivity index (χ1v) is 6.71. The summed E-state index contributed by atoms with van der Waals surface area (Å²) in [5, 5.41) is 23.2. The summed E-state index contributed by atoms with van der Waals surface area (Å²) in [4.78, 5) is 0. The van der Waals surface area contributed by atoms with Crippen molar-refractivity contribution < 1.29 is 10.2 Å². The number of hydrogen-bond donors (Lipinski definition) is 3. The smallest absolute Gasteiger partial charge is 0.0998 e. The van der Waals surface area contributed by atoms with Gasteiger partial charge in [0, 0.05) is 16.7 Å². The third-order valence-corrected chi connectivity index (χ3v) is 3.72. The molecule has 0 radical (unpaired) electrons. The zero-order valence-corrected chi connectivity index (χ0v) is 11.9. The van der Waals surface area contributed by atoms with Gasteiger partial charge in [-0.1, -0.05) is 29.8 Å². The summed E-state index contributed by atoms with van der Waals surface area (Å²) in [5.41, 5.74) is -0.0654. The third kappa shape index (κ3) is 3.98.